The van der Waals surface area contributed by atoms with E-state index in [4.69, 9.17) is 5.10 Å². The molecular weight excluding hydrogens is 390 g/mol. The van der Waals surface area contributed by atoms with Crippen LogP contribution in [-0.4, -0.2) is 27.9 Å². The number of hydrogen-bond donors (Lipinski definition) is 0. The quantitative estimate of drug-likeness (QED) is 0.419. The Bertz CT molecular complexity index is 1240. The molecule has 1 aliphatic rings. The van der Waals surface area contributed by atoms with Gasteiger partial charge in [0.2, 0.25) is 0 Å². The zero-order chi connectivity index (χ0) is 20.5. The highest BCUT2D eigenvalue weighted by atomic mass is 32.1. The minimum atomic E-state index is 0.576. The molecule has 5 rings (SSSR count). The number of aryl methyl sites for hydroxylation is 1. The van der Waals surface area contributed by atoms with Gasteiger partial charge in [-0.25, -0.2) is 9.67 Å². The minimum Gasteiger partial charge on any atom is -0.356 e. The van der Waals surface area contributed by atoms with Gasteiger partial charge >= 0.3 is 0 Å². The maximum Gasteiger partial charge on any atom is 0.140 e. The first-order valence-corrected chi connectivity index (χ1v) is 10.9. The van der Waals surface area contributed by atoms with E-state index < -0.39 is 0 Å². The van der Waals surface area contributed by atoms with E-state index in [2.05, 4.69) is 28.1 Å². The molecule has 0 radical (unpaired) electrons. The smallest absolute Gasteiger partial charge is 0.140 e. The first-order chi connectivity index (χ1) is 14.7. The molecule has 0 bridgehead atoms. The topological polar surface area (TPSA) is 57.7 Å². The molecule has 6 heteroatoms. The van der Waals surface area contributed by atoms with Crippen molar-refractivity contribution in [1.29, 1.82) is 5.26 Å². The second-order valence-electron chi connectivity index (χ2n) is 7.42. The summed E-state index contributed by atoms with van der Waals surface area (Å²) in [5, 5.41) is 15.5. The number of anilines is 1. The molecule has 148 valence electrons. The Hall–Kier alpha value is -3.43. The van der Waals surface area contributed by atoms with Crippen LogP contribution in [0.1, 0.15) is 29.1 Å². The third kappa shape index (κ3) is 3.27. The highest BCUT2D eigenvalue weighted by Gasteiger charge is 2.24. The van der Waals surface area contributed by atoms with Gasteiger partial charge in [0.1, 0.15) is 16.9 Å². The van der Waals surface area contributed by atoms with Crippen molar-refractivity contribution in [2.75, 3.05) is 18.0 Å². The van der Waals surface area contributed by atoms with Crippen LogP contribution in [0.15, 0.2) is 54.6 Å². The van der Waals surface area contributed by atoms with Gasteiger partial charge in [-0.05, 0) is 50.1 Å². The summed E-state index contributed by atoms with van der Waals surface area (Å²) >= 11 is 1.55. The number of thiazole rings is 1. The summed E-state index contributed by atoms with van der Waals surface area (Å²) in [5.74, 6) is 1.06. The molecule has 0 spiro atoms. The number of nitrogens with zero attached hydrogens (tertiary/aromatic N) is 5. The fourth-order valence-corrected chi connectivity index (χ4v) is 4.88. The first-order valence-electron chi connectivity index (χ1n) is 10.1. The van der Waals surface area contributed by atoms with Gasteiger partial charge in [0.25, 0.3) is 0 Å². The van der Waals surface area contributed by atoms with Crippen LogP contribution < -0.4 is 4.90 Å². The maximum atomic E-state index is 9.94. The van der Waals surface area contributed by atoms with Crippen LogP contribution in [0.2, 0.25) is 0 Å². The number of benzene rings is 2. The van der Waals surface area contributed by atoms with E-state index in [1.807, 2.05) is 60.1 Å². The number of hydrogen-bond acceptors (Lipinski definition) is 5. The van der Waals surface area contributed by atoms with Crippen LogP contribution in [0.4, 0.5) is 5.82 Å². The standard InChI is InChI=1S/C24H21N5S/c1-17-20(15-18(16-25)23-26-21-11-5-6-12-22(21)30-23)24(28-13-7-8-14-28)29(27-17)19-9-3-2-4-10-19/h2-6,9-12,15H,7-8,13-14H2,1H3. The van der Waals surface area contributed by atoms with Gasteiger partial charge in [-0.3, -0.25) is 0 Å². The van der Waals surface area contributed by atoms with Crippen molar-refractivity contribution in [1.82, 2.24) is 14.8 Å². The maximum absolute atomic E-state index is 9.94. The largest absolute Gasteiger partial charge is 0.356 e. The van der Waals surface area contributed by atoms with Crippen molar-refractivity contribution in [3.05, 3.63) is 70.9 Å². The van der Waals surface area contributed by atoms with Crippen molar-refractivity contribution >= 4 is 39.0 Å². The van der Waals surface area contributed by atoms with Crippen molar-refractivity contribution in [2.45, 2.75) is 19.8 Å². The highest BCUT2D eigenvalue weighted by molar-refractivity contribution is 7.19. The summed E-state index contributed by atoms with van der Waals surface area (Å²) in [4.78, 5) is 7.07. The lowest BCUT2D eigenvalue weighted by Crippen LogP contribution is -2.22. The number of rotatable bonds is 4. The predicted octanol–water partition coefficient (Wildman–Crippen LogP) is 5.45. The molecule has 2 aromatic carbocycles. The summed E-state index contributed by atoms with van der Waals surface area (Å²) in [5.41, 5.74) is 4.44. The summed E-state index contributed by atoms with van der Waals surface area (Å²) in [7, 11) is 0. The lowest BCUT2D eigenvalue weighted by molar-refractivity contribution is 0.815. The molecule has 1 aliphatic heterocycles. The lowest BCUT2D eigenvalue weighted by atomic mass is 10.1. The van der Waals surface area contributed by atoms with Crippen molar-refractivity contribution in [3.8, 4) is 11.8 Å². The van der Waals surface area contributed by atoms with E-state index in [9.17, 15) is 5.26 Å². The van der Waals surface area contributed by atoms with Crippen LogP contribution in [0, 0.1) is 18.3 Å². The van der Waals surface area contributed by atoms with Crippen LogP contribution in [-0.2, 0) is 0 Å². The van der Waals surface area contributed by atoms with Gasteiger partial charge in [-0.2, -0.15) is 10.4 Å². The van der Waals surface area contributed by atoms with E-state index in [0.29, 0.717) is 5.57 Å². The van der Waals surface area contributed by atoms with Crippen molar-refractivity contribution < 1.29 is 0 Å². The van der Waals surface area contributed by atoms with Crippen LogP contribution in [0.5, 0.6) is 0 Å². The Balaban J connectivity index is 1.67. The number of para-hydroxylation sites is 2. The highest BCUT2D eigenvalue weighted by Crippen LogP contribution is 2.34. The number of allylic oxidation sites excluding steroid dienone is 1. The molecule has 0 atom stereocenters. The average molecular weight is 412 g/mol. The molecule has 0 aliphatic carbocycles. The van der Waals surface area contributed by atoms with Gasteiger partial charge in [0, 0.05) is 18.7 Å². The van der Waals surface area contributed by atoms with E-state index >= 15 is 0 Å². The number of aromatic nitrogens is 3. The molecule has 30 heavy (non-hydrogen) atoms. The third-order valence-electron chi connectivity index (χ3n) is 5.42. The molecule has 1 saturated heterocycles. The predicted molar refractivity (Wildman–Crippen MR) is 123 cm³/mol. The van der Waals surface area contributed by atoms with E-state index in [1.54, 1.807) is 11.3 Å². The molecule has 0 amide bonds. The second kappa shape index (κ2) is 7.77. The fraction of sp³-hybridized carbons (Fsp3) is 0.208. The van der Waals surface area contributed by atoms with E-state index in [0.717, 1.165) is 51.1 Å². The number of fused-ring (bicyclic) bond motifs is 1. The van der Waals surface area contributed by atoms with Gasteiger partial charge in [-0.15, -0.1) is 11.3 Å². The molecule has 0 saturated carbocycles. The van der Waals surface area contributed by atoms with Gasteiger partial charge in [0.15, 0.2) is 0 Å². The van der Waals surface area contributed by atoms with Gasteiger partial charge in [-0.1, -0.05) is 30.3 Å². The van der Waals surface area contributed by atoms with Gasteiger partial charge in [0.05, 0.1) is 27.2 Å². The van der Waals surface area contributed by atoms with Gasteiger partial charge < -0.3 is 4.90 Å². The lowest BCUT2D eigenvalue weighted by Gasteiger charge is -2.20. The van der Waals surface area contributed by atoms with Crippen molar-refractivity contribution in [2.24, 2.45) is 0 Å². The molecule has 0 unspecified atom stereocenters. The molecule has 5 nitrogen and oxygen atoms in total. The molecule has 2 aromatic heterocycles. The fourth-order valence-electron chi connectivity index (χ4n) is 3.95. The molecule has 4 aromatic rings. The summed E-state index contributed by atoms with van der Waals surface area (Å²) < 4.78 is 3.10. The number of nitriles is 1. The van der Waals surface area contributed by atoms with Crippen LogP contribution in [0.3, 0.4) is 0 Å². The zero-order valence-electron chi connectivity index (χ0n) is 16.7. The SMILES string of the molecule is Cc1nn(-c2ccccc2)c(N2CCCC2)c1C=C(C#N)c1nc2ccccc2s1. The molecular formula is C24H21N5S. The average Bonchev–Trinajstić information content (AvgIpc) is 3.51. The summed E-state index contributed by atoms with van der Waals surface area (Å²) in [6, 6.07) is 20.6. The van der Waals surface area contributed by atoms with Crippen LogP contribution in [0.25, 0.3) is 27.6 Å². The Morgan fingerprint density at radius 2 is 1.80 bits per heavy atom. The minimum absolute atomic E-state index is 0.576. The van der Waals surface area contributed by atoms with Crippen molar-refractivity contribution in [3.63, 3.8) is 0 Å². The first kappa shape index (κ1) is 18.6. The summed E-state index contributed by atoms with van der Waals surface area (Å²) in [6.07, 6.45) is 4.31. The molecule has 1 fully saturated rings. The second-order valence-corrected chi connectivity index (χ2v) is 8.45. The molecule has 3 heterocycles. The zero-order valence-corrected chi connectivity index (χ0v) is 17.6. The Morgan fingerprint density at radius 3 is 2.53 bits per heavy atom. The van der Waals surface area contributed by atoms with E-state index in [1.165, 1.54) is 12.8 Å². The molecule has 0 N–H and O–H groups in total. The Kier molecular flexibility index (Phi) is 4.82. The summed E-state index contributed by atoms with van der Waals surface area (Å²) in [6.45, 7) is 4.02. The van der Waals surface area contributed by atoms with Crippen LogP contribution >= 0.6 is 11.3 Å². The van der Waals surface area contributed by atoms with E-state index in [-0.39, 0.29) is 0 Å². The third-order valence-corrected chi connectivity index (χ3v) is 6.49. The Morgan fingerprint density at radius 1 is 1.07 bits per heavy atom. The normalized spacial score (nSPS) is 14.4. The monoisotopic (exact) mass is 411 g/mol. The Labute approximate surface area is 179 Å².